The highest BCUT2D eigenvalue weighted by molar-refractivity contribution is 7.08. The van der Waals surface area contributed by atoms with E-state index in [9.17, 15) is 4.79 Å². The number of carbonyl (C=O) groups is 1. The fourth-order valence-electron chi connectivity index (χ4n) is 1.52. The third-order valence-corrected chi connectivity index (χ3v) is 3.05. The average molecular weight is 267 g/mol. The molecule has 8 heteroatoms. The van der Waals surface area contributed by atoms with E-state index in [1.807, 2.05) is 0 Å². The fraction of sp³-hybridized carbons (Fsp3) is 0.400. The second-order valence-electron chi connectivity index (χ2n) is 3.57. The van der Waals surface area contributed by atoms with E-state index < -0.39 is 5.97 Å². The van der Waals surface area contributed by atoms with Gasteiger partial charge >= 0.3 is 5.97 Å². The van der Waals surface area contributed by atoms with Crippen LogP contribution in [0.3, 0.4) is 0 Å². The number of aryl methyl sites for hydroxylation is 2. The molecule has 0 aliphatic heterocycles. The molecule has 96 valence electrons. The molecule has 7 nitrogen and oxygen atoms in total. The van der Waals surface area contributed by atoms with Crippen LogP contribution in [0.1, 0.15) is 29.1 Å². The van der Waals surface area contributed by atoms with Crippen LogP contribution in [0.4, 0.5) is 5.82 Å². The molecule has 0 atom stereocenters. The number of nitrogens with two attached hydrogens (primary N) is 1. The Morgan fingerprint density at radius 1 is 1.44 bits per heavy atom. The van der Waals surface area contributed by atoms with Crippen molar-refractivity contribution in [1.82, 2.24) is 18.9 Å². The van der Waals surface area contributed by atoms with Gasteiger partial charge in [-0.1, -0.05) is 0 Å². The molecule has 0 aromatic carbocycles. The smallest absolute Gasteiger partial charge is 0.360 e. The van der Waals surface area contributed by atoms with Gasteiger partial charge in [0.25, 0.3) is 0 Å². The standard InChI is InChI=1S/C10H13N5O2S/c1-4-17-9(16)7-8(11)15(6(3)13-7)10-12-5(2)14-18-10/h4,11H2,1-3H3. The van der Waals surface area contributed by atoms with Gasteiger partial charge in [0, 0.05) is 11.5 Å². The minimum atomic E-state index is -0.530. The maximum Gasteiger partial charge on any atom is 0.360 e. The summed E-state index contributed by atoms with van der Waals surface area (Å²) in [5, 5.41) is 0.588. The number of ether oxygens (including phenoxy) is 1. The molecule has 0 unspecified atom stereocenters. The Morgan fingerprint density at radius 3 is 2.72 bits per heavy atom. The van der Waals surface area contributed by atoms with Gasteiger partial charge in [0.15, 0.2) is 5.69 Å². The van der Waals surface area contributed by atoms with Gasteiger partial charge in [0.05, 0.1) is 6.61 Å². The van der Waals surface area contributed by atoms with Crippen LogP contribution in [0.5, 0.6) is 0 Å². The third kappa shape index (κ3) is 2.06. The van der Waals surface area contributed by atoms with E-state index >= 15 is 0 Å². The molecule has 0 fully saturated rings. The number of hydrogen-bond acceptors (Lipinski definition) is 7. The summed E-state index contributed by atoms with van der Waals surface area (Å²) in [5.41, 5.74) is 6.03. The molecule has 0 aliphatic carbocycles. The van der Waals surface area contributed by atoms with Crippen molar-refractivity contribution < 1.29 is 9.53 Å². The summed E-state index contributed by atoms with van der Waals surface area (Å²) in [6.45, 7) is 5.54. The van der Waals surface area contributed by atoms with Crippen LogP contribution in [0.2, 0.25) is 0 Å². The summed E-state index contributed by atoms with van der Waals surface area (Å²) in [4.78, 5) is 20.0. The Hall–Kier alpha value is -1.96. The predicted octanol–water partition coefficient (Wildman–Crippen LogP) is 1.10. The maximum absolute atomic E-state index is 11.7. The van der Waals surface area contributed by atoms with Crippen LogP contribution in [0.15, 0.2) is 0 Å². The van der Waals surface area contributed by atoms with E-state index in [1.54, 1.807) is 25.3 Å². The molecule has 2 heterocycles. The molecule has 0 saturated heterocycles. The third-order valence-electron chi connectivity index (χ3n) is 2.26. The van der Waals surface area contributed by atoms with E-state index in [1.165, 1.54) is 11.5 Å². The summed E-state index contributed by atoms with van der Waals surface area (Å²) in [5.74, 6) is 0.923. The Balaban J connectivity index is 2.47. The molecule has 18 heavy (non-hydrogen) atoms. The molecule has 0 saturated carbocycles. The summed E-state index contributed by atoms with van der Waals surface area (Å²) >= 11 is 1.20. The highest BCUT2D eigenvalue weighted by atomic mass is 32.1. The maximum atomic E-state index is 11.7. The van der Waals surface area contributed by atoms with Crippen LogP contribution >= 0.6 is 11.5 Å². The highest BCUT2D eigenvalue weighted by Gasteiger charge is 2.22. The van der Waals surface area contributed by atoms with Gasteiger partial charge < -0.3 is 10.5 Å². The Morgan fingerprint density at radius 2 is 2.17 bits per heavy atom. The van der Waals surface area contributed by atoms with Crippen molar-refractivity contribution in [1.29, 1.82) is 0 Å². The van der Waals surface area contributed by atoms with Crippen molar-refractivity contribution in [3.05, 3.63) is 17.3 Å². The first-order chi connectivity index (χ1) is 8.54. The van der Waals surface area contributed by atoms with E-state index in [0.717, 1.165) is 0 Å². The Bertz CT molecular complexity index is 589. The monoisotopic (exact) mass is 267 g/mol. The molecule has 0 aliphatic rings. The van der Waals surface area contributed by atoms with Crippen LogP contribution in [0.25, 0.3) is 5.13 Å². The van der Waals surface area contributed by atoms with Crippen molar-refractivity contribution in [3.8, 4) is 5.13 Å². The molecule has 2 aromatic rings. The van der Waals surface area contributed by atoms with E-state index in [0.29, 0.717) is 16.8 Å². The van der Waals surface area contributed by atoms with Gasteiger partial charge in [-0.3, -0.25) is 4.57 Å². The van der Waals surface area contributed by atoms with Crippen molar-refractivity contribution in [2.75, 3.05) is 12.3 Å². The number of nitrogen functional groups attached to an aromatic ring is 1. The van der Waals surface area contributed by atoms with Crippen LogP contribution in [-0.2, 0) is 4.74 Å². The first-order valence-electron chi connectivity index (χ1n) is 5.37. The number of imidazole rings is 1. The minimum Gasteiger partial charge on any atom is -0.461 e. The first kappa shape index (κ1) is 12.5. The van der Waals surface area contributed by atoms with E-state index in [2.05, 4.69) is 14.3 Å². The van der Waals surface area contributed by atoms with Crippen molar-refractivity contribution in [2.45, 2.75) is 20.8 Å². The zero-order chi connectivity index (χ0) is 13.3. The van der Waals surface area contributed by atoms with Crippen LogP contribution < -0.4 is 5.73 Å². The Kier molecular flexibility index (Phi) is 3.28. The summed E-state index contributed by atoms with van der Waals surface area (Å²) in [6, 6.07) is 0. The predicted molar refractivity (Wildman–Crippen MR) is 66.9 cm³/mol. The molecule has 2 aromatic heterocycles. The molecular formula is C10H13N5O2S. The average Bonchev–Trinajstić information content (AvgIpc) is 2.83. The summed E-state index contributed by atoms with van der Waals surface area (Å²) < 4.78 is 10.6. The molecular weight excluding hydrogens is 254 g/mol. The number of hydrogen-bond donors (Lipinski definition) is 1. The Labute approximate surface area is 108 Å². The molecule has 0 spiro atoms. The van der Waals surface area contributed by atoms with Gasteiger partial charge in [-0.15, -0.1) is 0 Å². The molecule has 0 amide bonds. The lowest BCUT2D eigenvalue weighted by atomic mass is 10.4. The number of rotatable bonds is 3. The molecule has 2 rings (SSSR count). The normalized spacial score (nSPS) is 10.6. The largest absolute Gasteiger partial charge is 0.461 e. The number of nitrogens with zero attached hydrogens (tertiary/aromatic N) is 4. The molecule has 0 radical (unpaired) electrons. The second-order valence-corrected chi connectivity index (χ2v) is 4.30. The lowest BCUT2D eigenvalue weighted by molar-refractivity contribution is 0.0521. The number of esters is 1. The molecule has 2 N–H and O–H groups in total. The van der Waals surface area contributed by atoms with Gasteiger partial charge in [-0.2, -0.15) is 4.37 Å². The zero-order valence-corrected chi connectivity index (χ0v) is 11.1. The van der Waals surface area contributed by atoms with Crippen LogP contribution in [-0.4, -0.2) is 31.5 Å². The van der Waals surface area contributed by atoms with Crippen molar-refractivity contribution in [2.24, 2.45) is 0 Å². The summed E-state index contributed by atoms with van der Waals surface area (Å²) in [7, 11) is 0. The van der Waals surface area contributed by atoms with Crippen molar-refractivity contribution >= 4 is 23.3 Å². The number of anilines is 1. The SMILES string of the molecule is CCOC(=O)c1nc(C)n(-c2nc(C)ns2)c1N. The zero-order valence-electron chi connectivity index (χ0n) is 10.3. The van der Waals surface area contributed by atoms with Crippen molar-refractivity contribution in [3.63, 3.8) is 0 Å². The van der Waals surface area contributed by atoms with E-state index in [4.69, 9.17) is 10.5 Å². The second kappa shape index (κ2) is 4.73. The van der Waals surface area contributed by atoms with Gasteiger partial charge in [-0.05, 0) is 20.8 Å². The lowest BCUT2D eigenvalue weighted by Crippen LogP contribution is -2.09. The number of carbonyl (C=O) groups excluding carboxylic acids is 1. The van der Waals surface area contributed by atoms with Gasteiger partial charge in [0.2, 0.25) is 5.13 Å². The molecule has 0 bridgehead atoms. The quantitative estimate of drug-likeness (QED) is 0.836. The lowest BCUT2D eigenvalue weighted by Gasteiger charge is -2.02. The van der Waals surface area contributed by atoms with Gasteiger partial charge in [-0.25, -0.2) is 14.8 Å². The number of aromatic nitrogens is 4. The summed E-state index contributed by atoms with van der Waals surface area (Å²) in [6.07, 6.45) is 0. The topological polar surface area (TPSA) is 95.9 Å². The van der Waals surface area contributed by atoms with Crippen LogP contribution in [0, 0.1) is 13.8 Å². The minimum absolute atomic E-state index is 0.113. The van der Waals surface area contributed by atoms with Gasteiger partial charge in [0.1, 0.15) is 17.5 Å². The first-order valence-corrected chi connectivity index (χ1v) is 6.14. The fourth-order valence-corrected chi connectivity index (χ4v) is 2.26. The van der Waals surface area contributed by atoms with E-state index in [-0.39, 0.29) is 18.1 Å². The highest BCUT2D eigenvalue weighted by Crippen LogP contribution is 2.22.